The molecule has 1 aliphatic carbocycles. The Morgan fingerprint density at radius 1 is 1.10 bits per heavy atom. The van der Waals surface area contributed by atoms with Crippen LogP contribution in [0.15, 0.2) is 41.2 Å². The number of aromatic nitrogens is 2. The first-order valence-corrected chi connectivity index (χ1v) is 7.47. The molecule has 2 aromatic rings. The van der Waals surface area contributed by atoms with Gasteiger partial charge >= 0.3 is 0 Å². The maximum atomic E-state index is 12.0. The fourth-order valence-electron chi connectivity index (χ4n) is 2.84. The Kier molecular flexibility index (Phi) is 3.95. The zero-order chi connectivity index (χ0) is 13.8. The molecule has 1 aromatic carbocycles. The van der Waals surface area contributed by atoms with Crippen LogP contribution in [0, 0.1) is 0 Å². The van der Waals surface area contributed by atoms with Gasteiger partial charge in [-0.3, -0.25) is 4.79 Å². The van der Waals surface area contributed by atoms with Crippen LogP contribution in [0.3, 0.4) is 0 Å². The summed E-state index contributed by atoms with van der Waals surface area (Å²) in [5.41, 5.74) is 3.67. The van der Waals surface area contributed by atoms with Crippen LogP contribution in [0.5, 0.6) is 0 Å². The van der Waals surface area contributed by atoms with Crippen LogP contribution in [0.25, 0.3) is 0 Å². The Morgan fingerprint density at radius 3 is 2.75 bits per heavy atom. The van der Waals surface area contributed by atoms with Crippen molar-refractivity contribution in [1.82, 2.24) is 9.78 Å². The maximum Gasteiger partial charge on any atom is 0.267 e. The highest BCUT2D eigenvalue weighted by atomic mass is 16.1. The molecule has 0 N–H and O–H groups in total. The summed E-state index contributed by atoms with van der Waals surface area (Å²) >= 11 is 0. The van der Waals surface area contributed by atoms with Crippen LogP contribution < -0.4 is 5.56 Å². The predicted molar refractivity (Wildman–Crippen MR) is 79.9 cm³/mol. The Hall–Kier alpha value is -1.90. The molecule has 3 heteroatoms. The summed E-state index contributed by atoms with van der Waals surface area (Å²) < 4.78 is 1.65. The van der Waals surface area contributed by atoms with Crippen LogP contribution in [0.1, 0.15) is 36.1 Å². The smallest absolute Gasteiger partial charge is 0.267 e. The number of nitrogens with zero attached hydrogens (tertiary/aromatic N) is 2. The molecule has 0 saturated carbocycles. The van der Waals surface area contributed by atoms with Crippen LogP contribution in [0.2, 0.25) is 0 Å². The van der Waals surface area contributed by atoms with E-state index in [2.05, 4.69) is 29.4 Å². The second-order valence-electron chi connectivity index (χ2n) is 5.47. The molecule has 0 amide bonds. The van der Waals surface area contributed by atoms with Crippen molar-refractivity contribution in [2.75, 3.05) is 0 Å². The standard InChI is InChI=1S/C17H20N2O/c20-17-13-15-10-4-5-11-16(15)18-19(17)12-6-9-14-7-2-1-3-8-14/h1-3,7-8,13H,4-6,9-12H2. The SMILES string of the molecule is O=c1cc2c(nn1CCCc1ccccc1)CCCC2. The molecule has 0 aliphatic heterocycles. The van der Waals surface area contributed by atoms with Gasteiger partial charge in [0.05, 0.1) is 5.69 Å². The molecular formula is C17H20N2O. The van der Waals surface area contributed by atoms with Crippen LogP contribution in [-0.2, 0) is 25.8 Å². The van der Waals surface area contributed by atoms with Crippen molar-refractivity contribution in [3.8, 4) is 0 Å². The molecule has 0 bridgehead atoms. The first kappa shape index (κ1) is 13.1. The van der Waals surface area contributed by atoms with Gasteiger partial charge in [0.15, 0.2) is 0 Å². The minimum atomic E-state index is 0.0544. The summed E-state index contributed by atoms with van der Waals surface area (Å²) in [5, 5.41) is 4.55. The molecule has 3 rings (SSSR count). The highest BCUT2D eigenvalue weighted by Gasteiger charge is 2.12. The van der Waals surface area contributed by atoms with Gasteiger partial charge in [-0.2, -0.15) is 5.10 Å². The van der Waals surface area contributed by atoms with Gasteiger partial charge < -0.3 is 0 Å². The molecule has 1 aliphatic rings. The minimum Gasteiger partial charge on any atom is -0.268 e. The van der Waals surface area contributed by atoms with E-state index in [1.54, 1.807) is 10.7 Å². The molecule has 0 fully saturated rings. The molecule has 0 radical (unpaired) electrons. The summed E-state index contributed by atoms with van der Waals surface area (Å²) in [4.78, 5) is 12.0. The second-order valence-corrected chi connectivity index (χ2v) is 5.47. The summed E-state index contributed by atoms with van der Waals surface area (Å²) in [7, 11) is 0. The summed E-state index contributed by atoms with van der Waals surface area (Å²) in [6.45, 7) is 0.709. The molecule has 0 atom stereocenters. The Bertz CT molecular complexity index is 631. The number of hydrogen-bond acceptors (Lipinski definition) is 2. The van der Waals surface area contributed by atoms with E-state index in [0.717, 1.165) is 31.4 Å². The number of benzene rings is 1. The fourth-order valence-corrected chi connectivity index (χ4v) is 2.84. The van der Waals surface area contributed by atoms with Crippen molar-refractivity contribution in [2.24, 2.45) is 0 Å². The quantitative estimate of drug-likeness (QED) is 0.854. The largest absolute Gasteiger partial charge is 0.268 e. The van der Waals surface area contributed by atoms with Crippen LogP contribution >= 0.6 is 0 Å². The number of rotatable bonds is 4. The molecule has 3 nitrogen and oxygen atoms in total. The van der Waals surface area contributed by atoms with Crippen LogP contribution in [0.4, 0.5) is 0 Å². The van der Waals surface area contributed by atoms with Crippen molar-refractivity contribution in [3.63, 3.8) is 0 Å². The van der Waals surface area contributed by atoms with Gasteiger partial charge in [0, 0.05) is 12.6 Å². The molecule has 1 heterocycles. The molecule has 104 valence electrons. The van der Waals surface area contributed by atoms with E-state index in [-0.39, 0.29) is 5.56 Å². The van der Waals surface area contributed by atoms with Gasteiger partial charge in [0.1, 0.15) is 0 Å². The van der Waals surface area contributed by atoms with E-state index in [1.165, 1.54) is 24.0 Å². The van der Waals surface area contributed by atoms with E-state index >= 15 is 0 Å². The third-order valence-electron chi connectivity index (χ3n) is 3.95. The zero-order valence-corrected chi connectivity index (χ0v) is 11.7. The average molecular weight is 268 g/mol. The van der Waals surface area contributed by atoms with Gasteiger partial charge in [-0.05, 0) is 49.7 Å². The third-order valence-corrected chi connectivity index (χ3v) is 3.95. The normalized spacial score (nSPS) is 14.0. The zero-order valence-electron chi connectivity index (χ0n) is 11.7. The van der Waals surface area contributed by atoms with Crippen molar-refractivity contribution in [3.05, 3.63) is 63.6 Å². The fraction of sp³-hybridized carbons (Fsp3) is 0.412. The van der Waals surface area contributed by atoms with Gasteiger partial charge in [-0.1, -0.05) is 30.3 Å². The topological polar surface area (TPSA) is 34.9 Å². The first-order valence-electron chi connectivity index (χ1n) is 7.47. The average Bonchev–Trinajstić information content (AvgIpc) is 2.49. The van der Waals surface area contributed by atoms with E-state index in [0.29, 0.717) is 6.54 Å². The maximum absolute atomic E-state index is 12.0. The lowest BCUT2D eigenvalue weighted by molar-refractivity contribution is 0.519. The highest BCUT2D eigenvalue weighted by molar-refractivity contribution is 5.20. The first-order chi connectivity index (χ1) is 9.83. The van der Waals surface area contributed by atoms with Gasteiger partial charge in [0.25, 0.3) is 5.56 Å². The Labute approximate surface area is 119 Å². The molecule has 20 heavy (non-hydrogen) atoms. The Morgan fingerprint density at radius 2 is 1.90 bits per heavy atom. The van der Waals surface area contributed by atoms with Crippen LogP contribution in [-0.4, -0.2) is 9.78 Å². The number of aryl methyl sites for hydroxylation is 4. The number of hydrogen-bond donors (Lipinski definition) is 0. The van der Waals surface area contributed by atoms with E-state index in [9.17, 15) is 4.79 Å². The van der Waals surface area contributed by atoms with E-state index in [1.807, 2.05) is 6.07 Å². The summed E-state index contributed by atoms with van der Waals surface area (Å²) in [5.74, 6) is 0. The lowest BCUT2D eigenvalue weighted by atomic mass is 9.97. The molecule has 1 aromatic heterocycles. The van der Waals surface area contributed by atoms with E-state index in [4.69, 9.17) is 0 Å². The van der Waals surface area contributed by atoms with Crippen molar-refractivity contribution in [2.45, 2.75) is 45.1 Å². The molecule has 0 saturated heterocycles. The van der Waals surface area contributed by atoms with Crippen molar-refractivity contribution in [1.29, 1.82) is 0 Å². The highest BCUT2D eigenvalue weighted by Crippen LogP contribution is 2.16. The van der Waals surface area contributed by atoms with Crippen molar-refractivity contribution >= 4 is 0 Å². The lowest BCUT2D eigenvalue weighted by Gasteiger charge is -2.15. The van der Waals surface area contributed by atoms with Crippen molar-refractivity contribution < 1.29 is 0 Å². The minimum absolute atomic E-state index is 0.0544. The molecule has 0 spiro atoms. The summed E-state index contributed by atoms with van der Waals surface area (Å²) in [6.07, 6.45) is 6.37. The summed E-state index contributed by atoms with van der Waals surface area (Å²) in [6, 6.07) is 12.2. The van der Waals surface area contributed by atoms with Gasteiger partial charge in [-0.25, -0.2) is 4.68 Å². The second kappa shape index (κ2) is 6.04. The number of fused-ring (bicyclic) bond motifs is 1. The molecular weight excluding hydrogens is 248 g/mol. The molecule has 0 unspecified atom stereocenters. The van der Waals surface area contributed by atoms with Gasteiger partial charge in [0.2, 0.25) is 0 Å². The van der Waals surface area contributed by atoms with Gasteiger partial charge in [-0.15, -0.1) is 0 Å². The predicted octanol–water partition coefficient (Wildman–Crippen LogP) is 2.75. The lowest BCUT2D eigenvalue weighted by Crippen LogP contribution is -2.26. The monoisotopic (exact) mass is 268 g/mol. The third kappa shape index (κ3) is 2.98. The van der Waals surface area contributed by atoms with E-state index < -0.39 is 0 Å². The Balaban J connectivity index is 1.67.